The van der Waals surface area contributed by atoms with Crippen molar-refractivity contribution in [3.05, 3.63) is 94.9 Å². The number of carbonyl (C=O) groups is 5. The highest BCUT2D eigenvalue weighted by Crippen LogP contribution is 2.55. The van der Waals surface area contributed by atoms with Crippen LogP contribution in [-0.4, -0.2) is 180 Å². The molecule has 98 heavy (non-hydrogen) atoms. The molecule has 3 aliphatic heterocycles. The zero-order valence-corrected chi connectivity index (χ0v) is 56.4. The summed E-state index contributed by atoms with van der Waals surface area (Å²) >= 11 is 0. The minimum atomic E-state index is -5.35. The first kappa shape index (κ1) is 77.5. The zero-order chi connectivity index (χ0) is 72.7. The number of nitrogens with one attached hydrogen (secondary N) is 4. The molecule has 3 aliphatic rings. The maximum absolute atomic E-state index is 16.6. The van der Waals surface area contributed by atoms with Crippen molar-refractivity contribution in [1.82, 2.24) is 51.0 Å². The third-order valence-electron chi connectivity index (χ3n) is 16.0. The van der Waals surface area contributed by atoms with E-state index in [4.69, 9.17) is 27.8 Å². The van der Waals surface area contributed by atoms with Gasteiger partial charge in [0, 0.05) is 67.0 Å². The monoisotopic (exact) mass is 1420 g/mol. The molecule has 4 N–H and O–H groups in total. The standard InChI is InChI=1S/C62H78F10N11O14P/c1-57(2,3)96-98(89,97-58(4,5)6)94-34-93-56(88)95-47(31-81(79-51(85)49(77-55(87)91-12)60(9,10)62(70,71)72)30-42-43(63)24-38(25-44(42)64)45-21-22-82(78-45)52(65)66)46(75-50(84)48(76-54(86)90-11)59(7,8)61(67,68)69)23-36-16-13-35(14-17-36)15-18-37-26-73-53(74-27-37)80-28-39-19-20-40(29-80)83(39)41-32-92-33-41/h13-14,16-17,21-22,24-27,39-41,46-49,52H,19-20,23,28-34H2,1-12H3,(H,75,84)(H,76,86)(H,77,87)(H,79,85)/t39?,40?,46-,47-,48+,49+/m0/s1. The molecule has 3 saturated heterocycles. The second-order valence-electron chi connectivity index (χ2n) is 26.4. The number of benzene rings is 2. The van der Waals surface area contributed by atoms with E-state index >= 15 is 22.0 Å². The number of phosphoric acid groups is 1. The number of halogens is 10. The van der Waals surface area contributed by atoms with E-state index in [1.807, 2.05) is 10.7 Å². The van der Waals surface area contributed by atoms with Crippen LogP contribution >= 0.6 is 7.82 Å². The first-order valence-electron chi connectivity index (χ1n) is 30.5. The molecular formula is C62H78F10N11O14P. The fourth-order valence-corrected chi connectivity index (χ4v) is 12.4. The predicted octanol–water partition coefficient (Wildman–Crippen LogP) is 9.89. The Labute approximate surface area is 558 Å². The number of hydrazine groups is 1. The molecule has 2 unspecified atom stereocenters. The molecule has 0 radical (unpaired) electrons. The van der Waals surface area contributed by atoms with E-state index < -0.39 is 152 Å². The number of amides is 4. The van der Waals surface area contributed by atoms with Gasteiger partial charge < -0.3 is 44.5 Å². The highest BCUT2D eigenvalue weighted by molar-refractivity contribution is 7.48. The summed E-state index contributed by atoms with van der Waals surface area (Å²) in [7, 11) is -3.21. The summed E-state index contributed by atoms with van der Waals surface area (Å²) in [6.45, 7) is 6.55. The Morgan fingerprint density at radius 3 is 1.71 bits per heavy atom. The Morgan fingerprint density at radius 1 is 0.724 bits per heavy atom. The minimum Gasteiger partial charge on any atom is -0.453 e. The molecule has 0 spiro atoms. The van der Waals surface area contributed by atoms with Crippen molar-refractivity contribution in [2.75, 3.05) is 58.8 Å². The van der Waals surface area contributed by atoms with Gasteiger partial charge in [-0.05, 0) is 124 Å². The number of alkyl carbamates (subject to hydrolysis) is 2. The number of carbonyl (C=O) groups excluding carboxylic acids is 5. The van der Waals surface area contributed by atoms with Gasteiger partial charge in [0.1, 0.15) is 29.8 Å². The Bertz CT molecular complexity index is 3520. The van der Waals surface area contributed by atoms with Crippen LogP contribution in [-0.2, 0) is 64.4 Å². The number of fused-ring (bicyclic) bond motifs is 2. The lowest BCUT2D eigenvalue weighted by molar-refractivity contribution is -0.221. The predicted molar refractivity (Wildman–Crippen MR) is 328 cm³/mol. The topological polar surface area (TPSA) is 278 Å². The van der Waals surface area contributed by atoms with E-state index in [0.717, 1.165) is 52.4 Å². The van der Waals surface area contributed by atoms with Crippen molar-refractivity contribution < 1.29 is 110 Å². The molecule has 3 fully saturated rings. The van der Waals surface area contributed by atoms with Crippen LogP contribution in [0.2, 0.25) is 0 Å². The largest absolute Gasteiger partial charge is 0.510 e. The number of nitrogens with zero attached hydrogens (tertiary/aromatic N) is 7. The first-order valence-corrected chi connectivity index (χ1v) is 32.0. The fourth-order valence-electron chi connectivity index (χ4n) is 10.7. The van der Waals surface area contributed by atoms with Gasteiger partial charge in [-0.15, -0.1) is 0 Å². The molecule has 0 saturated carbocycles. The summed E-state index contributed by atoms with van der Waals surface area (Å²) in [6, 6.07) is 1.60. The number of ether oxygens (including phenoxy) is 5. The van der Waals surface area contributed by atoms with Gasteiger partial charge in [0.05, 0.1) is 79.4 Å². The minimum absolute atomic E-state index is 0.122. The molecule has 2 bridgehead atoms. The average molecular weight is 1420 g/mol. The normalized spacial score (nSPS) is 17.8. The molecule has 36 heteroatoms. The van der Waals surface area contributed by atoms with Gasteiger partial charge in [0.25, 0.3) is 5.91 Å². The quantitative estimate of drug-likeness (QED) is 0.00913. The van der Waals surface area contributed by atoms with Crippen LogP contribution in [0.5, 0.6) is 0 Å². The summed E-state index contributed by atoms with van der Waals surface area (Å²) < 4.78 is 206. The second kappa shape index (κ2) is 31.1. The summed E-state index contributed by atoms with van der Waals surface area (Å²) in [5.41, 5.74) is -7.91. The first-order chi connectivity index (χ1) is 45.5. The Balaban J connectivity index is 1.32. The molecule has 5 heterocycles. The maximum Gasteiger partial charge on any atom is 0.510 e. The Hall–Kier alpha value is -7.87. The lowest BCUT2D eigenvalue weighted by Gasteiger charge is -2.47. The van der Waals surface area contributed by atoms with E-state index in [0.29, 0.717) is 93.3 Å². The van der Waals surface area contributed by atoms with Crippen LogP contribution in [0.3, 0.4) is 0 Å². The number of piperazine rings is 1. The molecule has 0 aliphatic carbocycles. The van der Waals surface area contributed by atoms with Gasteiger partial charge in [-0.1, -0.05) is 24.0 Å². The highest BCUT2D eigenvalue weighted by atomic mass is 31.2. The van der Waals surface area contributed by atoms with Crippen LogP contribution < -0.4 is 26.3 Å². The van der Waals surface area contributed by atoms with Gasteiger partial charge in [-0.2, -0.15) is 40.2 Å². The van der Waals surface area contributed by atoms with E-state index in [9.17, 15) is 50.5 Å². The molecule has 2 aromatic heterocycles. The van der Waals surface area contributed by atoms with Crippen LogP contribution in [0, 0.1) is 34.3 Å². The van der Waals surface area contributed by atoms with Crippen LogP contribution in [0.25, 0.3) is 11.3 Å². The SMILES string of the molecule is COC(=O)N[C@H](C(=O)N[C@@H](Cc1ccc(C#Cc2cnc(N3CC4CCC(C3)N4C3COC3)nc2)cc1)[C@H](CN(Cc1c(F)cc(-c2ccn(C(F)F)n2)cc1F)NC(=O)[C@@H](NC(=O)OC)C(C)(C)C(F)(F)F)OC(=O)OCOP(=O)(OC(C)(C)C)OC(C)(C)C)C(C)(C)C(F)(F)F. The number of phosphoric ester groups is 1. The van der Waals surface area contributed by atoms with Crippen molar-refractivity contribution in [3.8, 4) is 23.1 Å². The zero-order valence-electron chi connectivity index (χ0n) is 55.5. The van der Waals surface area contributed by atoms with Crippen molar-refractivity contribution in [3.63, 3.8) is 0 Å². The second-order valence-corrected chi connectivity index (χ2v) is 27.9. The lowest BCUT2D eigenvalue weighted by atomic mass is 9.82. The lowest BCUT2D eigenvalue weighted by Crippen LogP contribution is -2.64. The van der Waals surface area contributed by atoms with Crippen LogP contribution in [0.4, 0.5) is 64.2 Å². The van der Waals surface area contributed by atoms with Crippen LogP contribution in [0.15, 0.2) is 61.1 Å². The van der Waals surface area contributed by atoms with E-state index in [1.54, 1.807) is 17.7 Å². The molecule has 2 aromatic carbocycles. The molecule has 4 aromatic rings. The van der Waals surface area contributed by atoms with Gasteiger partial charge in [-0.3, -0.25) is 29.0 Å². The molecule has 6 atom stereocenters. The summed E-state index contributed by atoms with van der Waals surface area (Å²) in [6.07, 6.45) is -12.7. The average Bonchev–Trinajstić information content (AvgIpc) is 1.29. The van der Waals surface area contributed by atoms with Crippen LogP contribution in [0.1, 0.15) is 111 Å². The number of hydrogen-bond acceptors (Lipinski definition) is 20. The van der Waals surface area contributed by atoms with Gasteiger partial charge >= 0.3 is 45.1 Å². The van der Waals surface area contributed by atoms with Crippen molar-refractivity contribution >= 4 is 43.9 Å². The van der Waals surface area contributed by atoms with E-state index in [-0.39, 0.29) is 15.9 Å². The Morgan fingerprint density at radius 2 is 1.24 bits per heavy atom. The number of anilines is 1. The van der Waals surface area contributed by atoms with Gasteiger partial charge in [-0.25, -0.2) is 51.9 Å². The van der Waals surface area contributed by atoms with Gasteiger partial charge in [0.2, 0.25) is 18.6 Å². The van der Waals surface area contributed by atoms with Crippen molar-refractivity contribution in [2.24, 2.45) is 10.8 Å². The van der Waals surface area contributed by atoms with E-state index in [2.05, 4.69) is 51.5 Å². The number of alkyl halides is 8. The number of rotatable bonds is 25. The summed E-state index contributed by atoms with van der Waals surface area (Å²) in [5.74, 6) is -0.101. The third-order valence-corrected chi connectivity index (χ3v) is 18.0. The number of methoxy groups -OCH3 is 2. The highest BCUT2D eigenvalue weighted by Gasteiger charge is 2.58. The molecule has 25 nitrogen and oxygen atoms in total. The fraction of sp³-hybridized carbons (Fsp3) is 0.581. The summed E-state index contributed by atoms with van der Waals surface area (Å²) in [5, 5.41) is 9.96. The molecule has 540 valence electrons. The maximum atomic E-state index is 16.6. The third kappa shape index (κ3) is 20.2. The molecule has 4 amide bonds. The smallest absolute Gasteiger partial charge is 0.453 e. The number of aromatic nitrogens is 4. The molecular weight excluding hydrogens is 1340 g/mol. The van der Waals surface area contributed by atoms with E-state index in [1.165, 1.54) is 65.8 Å². The van der Waals surface area contributed by atoms with Crippen molar-refractivity contribution in [2.45, 2.75) is 168 Å². The Kier molecular flexibility index (Phi) is 24.6. The van der Waals surface area contributed by atoms with Gasteiger partial charge in [0.15, 0.2) is 0 Å². The summed E-state index contributed by atoms with van der Waals surface area (Å²) in [4.78, 5) is 82.8. The molecule has 7 rings (SSSR count). The number of hydrogen-bond donors (Lipinski definition) is 4. The van der Waals surface area contributed by atoms with Crippen molar-refractivity contribution in [1.29, 1.82) is 0 Å².